The summed E-state index contributed by atoms with van der Waals surface area (Å²) in [4.78, 5) is 5.74. The average Bonchev–Trinajstić information content (AvgIpc) is 2.66. The van der Waals surface area contributed by atoms with Crippen LogP contribution in [0.4, 0.5) is 4.39 Å². The molecule has 19 heavy (non-hydrogen) atoms. The van der Waals surface area contributed by atoms with Gasteiger partial charge < -0.3 is 0 Å². The van der Waals surface area contributed by atoms with Crippen LogP contribution >= 0.6 is 33.9 Å². The second-order valence-electron chi connectivity index (χ2n) is 4.34. The van der Waals surface area contributed by atoms with E-state index in [9.17, 15) is 4.39 Å². The minimum Gasteiger partial charge on any atom is -0.271 e. The lowest BCUT2D eigenvalue weighted by atomic mass is 10.0. The van der Waals surface area contributed by atoms with Crippen LogP contribution < -0.4 is 11.3 Å². The lowest BCUT2D eigenvalue weighted by Crippen LogP contribution is -2.30. The van der Waals surface area contributed by atoms with Gasteiger partial charge in [0.15, 0.2) is 0 Å². The predicted molar refractivity (Wildman–Crippen MR) is 84.5 cm³/mol. The summed E-state index contributed by atoms with van der Waals surface area (Å²) in [5.41, 5.74) is 4.85. The molecule has 3 nitrogen and oxygen atoms in total. The molecule has 2 rings (SSSR count). The number of hydrazine groups is 1. The fourth-order valence-corrected chi connectivity index (χ4v) is 3.68. The summed E-state index contributed by atoms with van der Waals surface area (Å²) in [6.45, 7) is 4.06. The molecule has 0 radical (unpaired) electrons. The van der Waals surface area contributed by atoms with E-state index in [0.29, 0.717) is 6.42 Å². The summed E-state index contributed by atoms with van der Waals surface area (Å²) in [6, 6.07) is 4.69. The second-order valence-corrected chi connectivity index (χ2v) is 6.79. The van der Waals surface area contributed by atoms with Gasteiger partial charge in [-0.3, -0.25) is 11.3 Å². The standard InChI is InChI=1S/C13H15FIN3S/c1-7-8(2)19-13(17-7)6-12(18-16)10-4-3-9(14)5-11(10)15/h3-5,12,18H,6,16H2,1-2H3. The van der Waals surface area contributed by atoms with E-state index < -0.39 is 0 Å². The molecule has 1 atom stereocenters. The Kier molecular flexibility index (Phi) is 4.88. The van der Waals surface area contributed by atoms with Crippen molar-refractivity contribution in [2.24, 2.45) is 5.84 Å². The number of hydrogen-bond acceptors (Lipinski definition) is 4. The normalized spacial score (nSPS) is 12.7. The molecule has 1 unspecified atom stereocenters. The van der Waals surface area contributed by atoms with Crippen LogP contribution in [-0.4, -0.2) is 4.98 Å². The number of nitrogens with zero attached hydrogens (tertiary/aromatic N) is 1. The molecular formula is C13H15FIN3S. The van der Waals surface area contributed by atoms with Crippen LogP contribution in [0.3, 0.4) is 0 Å². The van der Waals surface area contributed by atoms with Crippen molar-refractivity contribution in [3.8, 4) is 0 Å². The van der Waals surface area contributed by atoms with Crippen molar-refractivity contribution in [1.82, 2.24) is 10.4 Å². The summed E-state index contributed by atoms with van der Waals surface area (Å²) >= 11 is 3.81. The number of thiazole rings is 1. The first kappa shape index (κ1) is 14.8. The Labute approximate surface area is 129 Å². The monoisotopic (exact) mass is 391 g/mol. The van der Waals surface area contributed by atoms with Gasteiger partial charge in [0.25, 0.3) is 0 Å². The van der Waals surface area contributed by atoms with Crippen LogP contribution in [0.5, 0.6) is 0 Å². The maximum absolute atomic E-state index is 13.1. The van der Waals surface area contributed by atoms with Gasteiger partial charge in [-0.05, 0) is 54.1 Å². The lowest BCUT2D eigenvalue weighted by molar-refractivity contribution is 0.545. The summed E-state index contributed by atoms with van der Waals surface area (Å²) in [6.07, 6.45) is 0.706. The zero-order chi connectivity index (χ0) is 14.0. The van der Waals surface area contributed by atoms with Crippen LogP contribution in [0.2, 0.25) is 0 Å². The molecule has 0 aliphatic rings. The molecule has 1 heterocycles. The van der Waals surface area contributed by atoms with E-state index >= 15 is 0 Å². The van der Waals surface area contributed by atoms with Gasteiger partial charge in [0.2, 0.25) is 0 Å². The van der Waals surface area contributed by atoms with E-state index in [0.717, 1.165) is 19.8 Å². The molecular weight excluding hydrogens is 376 g/mol. The number of benzene rings is 1. The van der Waals surface area contributed by atoms with Gasteiger partial charge in [0, 0.05) is 14.9 Å². The number of nitrogens with two attached hydrogens (primary N) is 1. The van der Waals surface area contributed by atoms with Crippen LogP contribution in [0.15, 0.2) is 18.2 Å². The summed E-state index contributed by atoms with van der Waals surface area (Å²) in [7, 11) is 0. The Bertz CT molecular complexity index is 566. The molecule has 102 valence electrons. The molecule has 0 amide bonds. The van der Waals surface area contributed by atoms with Gasteiger partial charge in [-0.15, -0.1) is 11.3 Å². The first-order chi connectivity index (χ1) is 9.01. The number of rotatable bonds is 4. The molecule has 1 aromatic heterocycles. The third kappa shape index (κ3) is 3.50. The zero-order valence-electron chi connectivity index (χ0n) is 10.7. The molecule has 0 aliphatic carbocycles. The quantitative estimate of drug-likeness (QED) is 0.478. The fourth-order valence-electron chi connectivity index (χ4n) is 1.84. The summed E-state index contributed by atoms with van der Waals surface area (Å²) < 4.78 is 14.0. The van der Waals surface area contributed by atoms with E-state index in [1.54, 1.807) is 17.4 Å². The highest BCUT2D eigenvalue weighted by molar-refractivity contribution is 14.1. The molecule has 0 aliphatic heterocycles. The minimum absolute atomic E-state index is 0.0579. The summed E-state index contributed by atoms with van der Waals surface area (Å²) in [5.74, 6) is 5.40. The highest BCUT2D eigenvalue weighted by atomic mass is 127. The number of hydrogen-bond donors (Lipinski definition) is 2. The lowest BCUT2D eigenvalue weighted by Gasteiger charge is -2.16. The van der Waals surface area contributed by atoms with Crippen molar-refractivity contribution >= 4 is 33.9 Å². The van der Waals surface area contributed by atoms with Crippen LogP contribution in [0.1, 0.15) is 27.2 Å². The van der Waals surface area contributed by atoms with Crippen molar-refractivity contribution < 1.29 is 4.39 Å². The van der Waals surface area contributed by atoms with Crippen LogP contribution in [0, 0.1) is 23.2 Å². The Morgan fingerprint density at radius 3 is 2.74 bits per heavy atom. The molecule has 0 spiro atoms. The van der Waals surface area contributed by atoms with Gasteiger partial charge in [0.05, 0.1) is 16.7 Å². The summed E-state index contributed by atoms with van der Waals surface area (Å²) in [5, 5.41) is 1.04. The molecule has 2 aromatic rings. The molecule has 3 N–H and O–H groups in total. The molecule has 6 heteroatoms. The number of halogens is 2. The van der Waals surface area contributed by atoms with Crippen molar-refractivity contribution in [3.05, 3.63) is 48.7 Å². The molecule has 0 bridgehead atoms. The van der Waals surface area contributed by atoms with Crippen molar-refractivity contribution in [2.75, 3.05) is 0 Å². The van der Waals surface area contributed by atoms with E-state index in [1.165, 1.54) is 17.0 Å². The van der Waals surface area contributed by atoms with Crippen LogP contribution in [-0.2, 0) is 6.42 Å². The van der Waals surface area contributed by atoms with Crippen molar-refractivity contribution in [3.63, 3.8) is 0 Å². The average molecular weight is 391 g/mol. The Morgan fingerprint density at radius 1 is 1.47 bits per heavy atom. The van der Waals surface area contributed by atoms with Gasteiger partial charge in [-0.1, -0.05) is 6.07 Å². The first-order valence-corrected chi connectivity index (χ1v) is 7.74. The Balaban J connectivity index is 2.24. The highest BCUT2D eigenvalue weighted by Gasteiger charge is 2.16. The predicted octanol–water partition coefficient (Wildman–Crippen LogP) is 3.25. The third-order valence-electron chi connectivity index (χ3n) is 2.99. The number of nitrogens with one attached hydrogen (secondary N) is 1. The second kappa shape index (κ2) is 6.25. The topological polar surface area (TPSA) is 50.9 Å². The van der Waals surface area contributed by atoms with Crippen LogP contribution in [0.25, 0.3) is 0 Å². The Morgan fingerprint density at radius 2 is 2.21 bits per heavy atom. The van der Waals surface area contributed by atoms with Gasteiger partial charge in [0.1, 0.15) is 5.82 Å². The van der Waals surface area contributed by atoms with Gasteiger partial charge in [-0.2, -0.15) is 0 Å². The Hall–Kier alpha value is -0.570. The molecule has 0 saturated carbocycles. The minimum atomic E-state index is -0.232. The van der Waals surface area contributed by atoms with Gasteiger partial charge >= 0.3 is 0 Å². The van der Waals surface area contributed by atoms with E-state index in [-0.39, 0.29) is 11.9 Å². The number of aromatic nitrogens is 1. The zero-order valence-corrected chi connectivity index (χ0v) is 13.7. The largest absolute Gasteiger partial charge is 0.271 e. The van der Waals surface area contributed by atoms with Gasteiger partial charge in [-0.25, -0.2) is 9.37 Å². The molecule has 0 saturated heterocycles. The number of aryl methyl sites for hydroxylation is 2. The fraction of sp³-hybridized carbons (Fsp3) is 0.308. The maximum Gasteiger partial charge on any atom is 0.124 e. The molecule has 1 aromatic carbocycles. The van der Waals surface area contributed by atoms with E-state index in [4.69, 9.17) is 5.84 Å². The third-order valence-corrected chi connectivity index (χ3v) is 5.02. The van der Waals surface area contributed by atoms with Crippen molar-refractivity contribution in [2.45, 2.75) is 26.3 Å². The highest BCUT2D eigenvalue weighted by Crippen LogP contribution is 2.26. The van der Waals surface area contributed by atoms with E-state index in [1.807, 2.05) is 6.92 Å². The molecule has 0 fully saturated rings. The smallest absolute Gasteiger partial charge is 0.124 e. The SMILES string of the molecule is Cc1nc(CC(NN)c2ccc(F)cc2I)sc1C. The maximum atomic E-state index is 13.1. The van der Waals surface area contributed by atoms with E-state index in [2.05, 4.69) is 39.9 Å². The first-order valence-electron chi connectivity index (χ1n) is 5.85. The van der Waals surface area contributed by atoms with Crippen molar-refractivity contribution in [1.29, 1.82) is 0 Å².